The molecule has 0 saturated heterocycles. The Balaban J connectivity index is 1.71. The SMILES string of the molecule is CCOc1ccc(-c2ccc(N)nc2)cc1CNC1CCC(NC)CC1. The summed E-state index contributed by atoms with van der Waals surface area (Å²) in [5.74, 6) is 1.50. The zero-order valence-electron chi connectivity index (χ0n) is 15.8. The summed E-state index contributed by atoms with van der Waals surface area (Å²) in [7, 11) is 2.06. The summed E-state index contributed by atoms with van der Waals surface area (Å²) in [5.41, 5.74) is 9.10. The Morgan fingerprint density at radius 1 is 1.08 bits per heavy atom. The molecule has 1 aromatic heterocycles. The van der Waals surface area contributed by atoms with Gasteiger partial charge in [-0.2, -0.15) is 0 Å². The molecule has 5 nitrogen and oxygen atoms in total. The molecule has 0 bridgehead atoms. The lowest BCUT2D eigenvalue weighted by molar-refractivity contribution is 0.310. The molecule has 1 fully saturated rings. The Kier molecular flexibility index (Phi) is 6.47. The van der Waals surface area contributed by atoms with E-state index in [0.717, 1.165) is 23.4 Å². The first-order valence-corrected chi connectivity index (χ1v) is 9.58. The molecule has 0 spiro atoms. The third-order valence-corrected chi connectivity index (χ3v) is 5.20. The van der Waals surface area contributed by atoms with Gasteiger partial charge in [-0.15, -0.1) is 0 Å². The largest absolute Gasteiger partial charge is 0.494 e. The molecule has 1 aliphatic rings. The first kappa shape index (κ1) is 18.7. The Hall–Kier alpha value is -2.11. The maximum Gasteiger partial charge on any atom is 0.123 e. The van der Waals surface area contributed by atoms with Crippen LogP contribution in [0.4, 0.5) is 5.82 Å². The molecule has 0 aliphatic heterocycles. The molecule has 1 aliphatic carbocycles. The molecule has 0 radical (unpaired) electrons. The molecule has 1 saturated carbocycles. The summed E-state index contributed by atoms with van der Waals surface area (Å²) in [6.45, 7) is 3.51. The standard InChI is InChI=1S/C21H30N4O/c1-3-26-20-10-4-15(16-5-11-21(22)25-13-16)12-17(20)14-24-19-8-6-18(23-2)7-9-19/h4-5,10-13,18-19,23-24H,3,6-9,14H2,1-2H3,(H2,22,25). The molecule has 4 N–H and O–H groups in total. The molecule has 5 heteroatoms. The monoisotopic (exact) mass is 354 g/mol. The van der Waals surface area contributed by atoms with Crippen LogP contribution in [0.3, 0.4) is 0 Å². The Labute approximate surface area is 156 Å². The number of aromatic nitrogens is 1. The first-order valence-electron chi connectivity index (χ1n) is 9.58. The van der Waals surface area contributed by atoms with Crippen molar-refractivity contribution >= 4 is 5.82 Å². The second-order valence-corrected chi connectivity index (χ2v) is 6.95. The first-order chi connectivity index (χ1) is 12.7. The fraction of sp³-hybridized carbons (Fsp3) is 0.476. The lowest BCUT2D eigenvalue weighted by Gasteiger charge is -2.29. The summed E-state index contributed by atoms with van der Waals surface area (Å²) in [6, 6.07) is 11.4. The van der Waals surface area contributed by atoms with E-state index in [1.54, 1.807) is 0 Å². The van der Waals surface area contributed by atoms with Gasteiger partial charge in [0.1, 0.15) is 11.6 Å². The van der Waals surface area contributed by atoms with Gasteiger partial charge < -0.3 is 21.1 Å². The maximum atomic E-state index is 5.84. The molecule has 0 atom stereocenters. The predicted octanol–water partition coefficient (Wildman–Crippen LogP) is 3.35. The molecule has 26 heavy (non-hydrogen) atoms. The fourth-order valence-corrected chi connectivity index (χ4v) is 3.61. The molecule has 140 valence electrons. The van der Waals surface area contributed by atoms with Gasteiger partial charge in [-0.3, -0.25) is 0 Å². The lowest BCUT2D eigenvalue weighted by atomic mass is 9.91. The van der Waals surface area contributed by atoms with Gasteiger partial charge in [0.2, 0.25) is 0 Å². The van der Waals surface area contributed by atoms with Gasteiger partial charge in [0.25, 0.3) is 0 Å². The number of pyridine rings is 1. The van der Waals surface area contributed by atoms with E-state index in [4.69, 9.17) is 10.5 Å². The van der Waals surface area contributed by atoms with E-state index in [-0.39, 0.29) is 0 Å². The van der Waals surface area contributed by atoms with Crippen molar-refractivity contribution in [2.45, 2.75) is 51.2 Å². The number of hydrogen-bond acceptors (Lipinski definition) is 5. The second-order valence-electron chi connectivity index (χ2n) is 6.95. The number of nitrogens with zero attached hydrogens (tertiary/aromatic N) is 1. The highest BCUT2D eigenvalue weighted by Gasteiger charge is 2.19. The molecule has 1 heterocycles. The van der Waals surface area contributed by atoms with E-state index in [9.17, 15) is 0 Å². The highest BCUT2D eigenvalue weighted by Crippen LogP contribution is 2.27. The summed E-state index contributed by atoms with van der Waals surface area (Å²) >= 11 is 0. The third-order valence-electron chi connectivity index (χ3n) is 5.20. The number of nitrogens with two attached hydrogens (primary N) is 1. The Morgan fingerprint density at radius 2 is 1.81 bits per heavy atom. The van der Waals surface area contributed by atoms with E-state index < -0.39 is 0 Å². The normalized spacial score (nSPS) is 20.1. The number of rotatable bonds is 7. The summed E-state index contributed by atoms with van der Waals surface area (Å²) in [6.07, 6.45) is 6.74. The summed E-state index contributed by atoms with van der Waals surface area (Å²) in [4.78, 5) is 4.20. The van der Waals surface area contributed by atoms with Crippen LogP contribution in [0.2, 0.25) is 0 Å². The van der Waals surface area contributed by atoms with Crippen LogP contribution in [0.5, 0.6) is 5.75 Å². The van der Waals surface area contributed by atoms with Gasteiger partial charge in [-0.1, -0.05) is 6.07 Å². The minimum atomic E-state index is 0.541. The highest BCUT2D eigenvalue weighted by atomic mass is 16.5. The van der Waals surface area contributed by atoms with Crippen LogP contribution in [0, 0.1) is 0 Å². The molecule has 3 rings (SSSR count). The van der Waals surface area contributed by atoms with Gasteiger partial charge >= 0.3 is 0 Å². The minimum absolute atomic E-state index is 0.541. The van der Waals surface area contributed by atoms with Crippen LogP contribution in [0.15, 0.2) is 36.5 Å². The topological polar surface area (TPSA) is 72.2 Å². The average Bonchev–Trinajstić information content (AvgIpc) is 2.68. The van der Waals surface area contributed by atoms with Crippen LogP contribution in [-0.4, -0.2) is 30.7 Å². The lowest BCUT2D eigenvalue weighted by Crippen LogP contribution is -2.38. The van der Waals surface area contributed by atoms with Crippen molar-refractivity contribution in [2.75, 3.05) is 19.4 Å². The van der Waals surface area contributed by atoms with E-state index in [1.807, 2.05) is 25.3 Å². The van der Waals surface area contributed by atoms with E-state index in [2.05, 4.69) is 40.9 Å². The van der Waals surface area contributed by atoms with E-state index in [0.29, 0.717) is 24.5 Å². The minimum Gasteiger partial charge on any atom is -0.494 e. The van der Waals surface area contributed by atoms with Gasteiger partial charge in [0.05, 0.1) is 6.61 Å². The maximum absolute atomic E-state index is 5.84. The van der Waals surface area contributed by atoms with Crippen molar-refractivity contribution < 1.29 is 4.74 Å². The molecule has 0 amide bonds. The Morgan fingerprint density at radius 3 is 2.46 bits per heavy atom. The van der Waals surface area contributed by atoms with E-state index in [1.165, 1.54) is 31.2 Å². The number of ether oxygens (including phenoxy) is 1. The average molecular weight is 354 g/mol. The molecule has 1 aromatic carbocycles. The Bertz CT molecular complexity index is 694. The van der Waals surface area contributed by atoms with Crippen LogP contribution in [0.1, 0.15) is 38.2 Å². The van der Waals surface area contributed by atoms with Gasteiger partial charge in [-0.05, 0) is 69.5 Å². The number of anilines is 1. The van der Waals surface area contributed by atoms with Crippen molar-refractivity contribution in [2.24, 2.45) is 0 Å². The molecular weight excluding hydrogens is 324 g/mol. The number of nitrogens with one attached hydrogen (secondary N) is 2. The van der Waals surface area contributed by atoms with Crippen molar-refractivity contribution in [1.29, 1.82) is 0 Å². The van der Waals surface area contributed by atoms with Gasteiger partial charge in [-0.25, -0.2) is 4.98 Å². The predicted molar refractivity (Wildman–Crippen MR) is 107 cm³/mol. The van der Waals surface area contributed by atoms with Crippen LogP contribution < -0.4 is 21.1 Å². The zero-order valence-corrected chi connectivity index (χ0v) is 15.8. The van der Waals surface area contributed by atoms with Crippen molar-refractivity contribution in [3.63, 3.8) is 0 Å². The molecule has 2 aromatic rings. The van der Waals surface area contributed by atoms with Crippen LogP contribution in [0.25, 0.3) is 11.1 Å². The quantitative estimate of drug-likeness (QED) is 0.711. The van der Waals surface area contributed by atoms with Crippen molar-refractivity contribution in [3.05, 3.63) is 42.1 Å². The second kappa shape index (κ2) is 9.01. The van der Waals surface area contributed by atoms with E-state index >= 15 is 0 Å². The van der Waals surface area contributed by atoms with Gasteiger partial charge in [0, 0.05) is 36.0 Å². The molecule has 0 unspecified atom stereocenters. The van der Waals surface area contributed by atoms with Crippen LogP contribution >= 0.6 is 0 Å². The summed E-state index contributed by atoms with van der Waals surface area (Å²) < 4.78 is 5.84. The zero-order chi connectivity index (χ0) is 18.4. The van der Waals surface area contributed by atoms with Crippen molar-refractivity contribution in [3.8, 4) is 16.9 Å². The van der Waals surface area contributed by atoms with Crippen molar-refractivity contribution in [1.82, 2.24) is 15.6 Å². The third kappa shape index (κ3) is 4.74. The highest BCUT2D eigenvalue weighted by molar-refractivity contribution is 5.65. The number of benzene rings is 1. The van der Waals surface area contributed by atoms with Gasteiger partial charge in [0.15, 0.2) is 0 Å². The fourth-order valence-electron chi connectivity index (χ4n) is 3.61. The summed E-state index contributed by atoms with van der Waals surface area (Å²) in [5, 5.41) is 7.12. The molecular formula is C21H30N4O. The smallest absolute Gasteiger partial charge is 0.123 e. The van der Waals surface area contributed by atoms with Crippen LogP contribution in [-0.2, 0) is 6.54 Å². The number of hydrogen-bond donors (Lipinski definition) is 3. The number of nitrogen functional groups attached to an aromatic ring is 1.